The number of aromatic nitrogens is 2. The van der Waals surface area contributed by atoms with Gasteiger partial charge in [-0.3, -0.25) is 0 Å². The van der Waals surface area contributed by atoms with E-state index >= 15 is 0 Å². The normalized spacial score (nSPS) is 10.3. The minimum atomic E-state index is 0.482. The molecule has 0 saturated carbocycles. The van der Waals surface area contributed by atoms with E-state index in [1.54, 1.807) is 6.20 Å². The molecule has 0 amide bonds. The predicted octanol–water partition coefficient (Wildman–Crippen LogP) is 2.29. The van der Waals surface area contributed by atoms with Crippen molar-refractivity contribution < 1.29 is 4.74 Å². The van der Waals surface area contributed by atoms with Crippen molar-refractivity contribution in [3.05, 3.63) is 42.5 Å². The third kappa shape index (κ3) is 2.53. The van der Waals surface area contributed by atoms with Crippen LogP contribution in [0, 0.1) is 0 Å². The molecule has 1 heterocycles. The third-order valence-corrected chi connectivity index (χ3v) is 2.42. The Balaban J connectivity index is 1.99. The maximum Gasteiger partial charge on any atom is 0.146 e. The SMILES string of the molecule is Cn1ccnc1COc1ccc(S)cc1. The van der Waals surface area contributed by atoms with E-state index in [0.29, 0.717) is 6.61 Å². The molecular weight excluding hydrogens is 208 g/mol. The molecule has 0 atom stereocenters. The molecule has 0 aliphatic heterocycles. The highest BCUT2D eigenvalue weighted by Gasteiger charge is 1.99. The zero-order chi connectivity index (χ0) is 10.7. The van der Waals surface area contributed by atoms with E-state index in [-0.39, 0.29) is 0 Å². The molecule has 0 aliphatic rings. The molecule has 3 nitrogen and oxygen atoms in total. The Kier molecular flexibility index (Phi) is 2.97. The minimum Gasteiger partial charge on any atom is -0.486 e. The van der Waals surface area contributed by atoms with Crippen molar-refractivity contribution in [3.63, 3.8) is 0 Å². The van der Waals surface area contributed by atoms with Gasteiger partial charge in [-0.1, -0.05) is 0 Å². The van der Waals surface area contributed by atoms with Crippen molar-refractivity contribution >= 4 is 12.6 Å². The first-order valence-electron chi connectivity index (χ1n) is 4.64. The molecule has 78 valence electrons. The number of rotatable bonds is 3. The van der Waals surface area contributed by atoms with Crippen LogP contribution in [-0.2, 0) is 13.7 Å². The molecule has 2 rings (SSSR count). The van der Waals surface area contributed by atoms with Gasteiger partial charge in [0, 0.05) is 24.3 Å². The molecule has 2 aromatic rings. The average molecular weight is 220 g/mol. The van der Waals surface area contributed by atoms with Gasteiger partial charge in [-0.05, 0) is 24.3 Å². The van der Waals surface area contributed by atoms with Crippen LogP contribution in [0.5, 0.6) is 5.75 Å². The van der Waals surface area contributed by atoms with E-state index < -0.39 is 0 Å². The number of hydrogen-bond donors (Lipinski definition) is 1. The Morgan fingerprint density at radius 3 is 2.67 bits per heavy atom. The van der Waals surface area contributed by atoms with Crippen molar-refractivity contribution in [3.8, 4) is 5.75 Å². The van der Waals surface area contributed by atoms with Crippen LogP contribution in [0.15, 0.2) is 41.6 Å². The Morgan fingerprint density at radius 1 is 1.33 bits per heavy atom. The zero-order valence-electron chi connectivity index (χ0n) is 8.42. The van der Waals surface area contributed by atoms with E-state index in [2.05, 4.69) is 17.6 Å². The predicted molar refractivity (Wildman–Crippen MR) is 61.2 cm³/mol. The first-order chi connectivity index (χ1) is 7.25. The van der Waals surface area contributed by atoms with Crippen molar-refractivity contribution in [1.29, 1.82) is 0 Å². The molecule has 0 unspecified atom stereocenters. The molecule has 0 bridgehead atoms. The lowest BCUT2D eigenvalue weighted by Gasteiger charge is -2.05. The van der Waals surface area contributed by atoms with E-state index in [9.17, 15) is 0 Å². The van der Waals surface area contributed by atoms with Crippen molar-refractivity contribution in [2.45, 2.75) is 11.5 Å². The van der Waals surface area contributed by atoms with Crippen molar-refractivity contribution in [1.82, 2.24) is 9.55 Å². The van der Waals surface area contributed by atoms with Crippen LogP contribution in [0.3, 0.4) is 0 Å². The van der Waals surface area contributed by atoms with E-state index in [1.165, 1.54) is 0 Å². The molecule has 0 aliphatic carbocycles. The minimum absolute atomic E-state index is 0.482. The number of hydrogen-bond acceptors (Lipinski definition) is 3. The number of aryl methyl sites for hydroxylation is 1. The Labute approximate surface area is 94.1 Å². The summed E-state index contributed by atoms with van der Waals surface area (Å²) in [5, 5.41) is 0. The molecule has 0 spiro atoms. The van der Waals surface area contributed by atoms with E-state index in [0.717, 1.165) is 16.5 Å². The van der Waals surface area contributed by atoms with Crippen LogP contribution in [0.4, 0.5) is 0 Å². The van der Waals surface area contributed by atoms with Gasteiger partial charge < -0.3 is 9.30 Å². The van der Waals surface area contributed by atoms with Crippen LogP contribution in [-0.4, -0.2) is 9.55 Å². The number of thiol groups is 1. The third-order valence-electron chi connectivity index (χ3n) is 2.13. The highest BCUT2D eigenvalue weighted by Crippen LogP contribution is 2.15. The van der Waals surface area contributed by atoms with Gasteiger partial charge in [0.05, 0.1) is 0 Å². The average Bonchev–Trinajstić information content (AvgIpc) is 2.63. The highest BCUT2D eigenvalue weighted by molar-refractivity contribution is 7.80. The Bertz CT molecular complexity index is 436. The smallest absolute Gasteiger partial charge is 0.146 e. The lowest BCUT2D eigenvalue weighted by atomic mass is 10.3. The zero-order valence-corrected chi connectivity index (χ0v) is 9.32. The van der Waals surface area contributed by atoms with Gasteiger partial charge in [-0.2, -0.15) is 0 Å². The van der Waals surface area contributed by atoms with E-state index in [4.69, 9.17) is 4.74 Å². The van der Waals surface area contributed by atoms with Gasteiger partial charge in [-0.25, -0.2) is 4.98 Å². The largest absolute Gasteiger partial charge is 0.486 e. The molecule has 1 aromatic carbocycles. The summed E-state index contributed by atoms with van der Waals surface area (Å²) in [5.41, 5.74) is 0. The number of ether oxygens (including phenoxy) is 1. The number of imidazole rings is 1. The van der Waals surface area contributed by atoms with Crippen LogP contribution in [0.25, 0.3) is 0 Å². The highest BCUT2D eigenvalue weighted by atomic mass is 32.1. The van der Waals surface area contributed by atoms with Crippen molar-refractivity contribution in [2.75, 3.05) is 0 Å². The van der Waals surface area contributed by atoms with Gasteiger partial charge >= 0.3 is 0 Å². The number of nitrogens with zero attached hydrogens (tertiary/aromatic N) is 2. The maximum atomic E-state index is 5.57. The van der Waals surface area contributed by atoms with Gasteiger partial charge in [0.15, 0.2) is 0 Å². The molecular formula is C11H12N2OS. The van der Waals surface area contributed by atoms with Gasteiger partial charge in [0.25, 0.3) is 0 Å². The van der Waals surface area contributed by atoms with Gasteiger partial charge in [0.2, 0.25) is 0 Å². The standard InChI is InChI=1S/C11H12N2OS/c1-13-7-6-12-11(13)8-14-9-2-4-10(15)5-3-9/h2-7,15H,8H2,1H3. The molecule has 0 radical (unpaired) electrons. The lowest BCUT2D eigenvalue weighted by Crippen LogP contribution is -2.02. The molecule has 0 N–H and O–H groups in total. The second-order valence-electron chi connectivity index (χ2n) is 3.24. The lowest BCUT2D eigenvalue weighted by molar-refractivity contribution is 0.291. The molecule has 1 aromatic heterocycles. The van der Waals surface area contributed by atoms with Crippen LogP contribution < -0.4 is 4.74 Å². The fourth-order valence-electron chi connectivity index (χ4n) is 1.23. The summed E-state index contributed by atoms with van der Waals surface area (Å²) >= 11 is 4.20. The summed E-state index contributed by atoms with van der Waals surface area (Å²) in [5.74, 6) is 1.74. The van der Waals surface area contributed by atoms with E-state index in [1.807, 2.05) is 42.1 Å². The van der Waals surface area contributed by atoms with Gasteiger partial charge in [0.1, 0.15) is 18.2 Å². The second-order valence-corrected chi connectivity index (χ2v) is 3.75. The number of benzene rings is 1. The summed E-state index contributed by atoms with van der Waals surface area (Å²) in [6.07, 6.45) is 3.66. The Morgan fingerprint density at radius 2 is 2.07 bits per heavy atom. The first kappa shape index (κ1) is 10.1. The van der Waals surface area contributed by atoms with Crippen LogP contribution in [0.1, 0.15) is 5.82 Å². The molecule has 0 fully saturated rings. The second kappa shape index (κ2) is 4.40. The van der Waals surface area contributed by atoms with Crippen LogP contribution in [0.2, 0.25) is 0 Å². The summed E-state index contributed by atoms with van der Waals surface area (Å²) in [6, 6.07) is 7.59. The summed E-state index contributed by atoms with van der Waals surface area (Å²) in [4.78, 5) is 5.10. The molecule has 0 saturated heterocycles. The summed E-state index contributed by atoms with van der Waals surface area (Å²) < 4.78 is 7.51. The topological polar surface area (TPSA) is 27.1 Å². The molecule has 4 heteroatoms. The van der Waals surface area contributed by atoms with Gasteiger partial charge in [-0.15, -0.1) is 12.6 Å². The summed E-state index contributed by atoms with van der Waals surface area (Å²) in [6.45, 7) is 0.482. The quantitative estimate of drug-likeness (QED) is 0.803. The fraction of sp³-hybridized carbons (Fsp3) is 0.182. The first-order valence-corrected chi connectivity index (χ1v) is 5.08. The maximum absolute atomic E-state index is 5.57. The summed E-state index contributed by atoms with van der Waals surface area (Å²) in [7, 11) is 1.95. The monoisotopic (exact) mass is 220 g/mol. The van der Waals surface area contributed by atoms with Crippen molar-refractivity contribution in [2.24, 2.45) is 7.05 Å². The molecule has 15 heavy (non-hydrogen) atoms. The Hall–Kier alpha value is -1.42. The van der Waals surface area contributed by atoms with Crippen LogP contribution >= 0.6 is 12.6 Å². The fourth-order valence-corrected chi connectivity index (χ4v) is 1.37.